The van der Waals surface area contributed by atoms with Gasteiger partial charge >= 0.3 is 0 Å². The predicted octanol–water partition coefficient (Wildman–Crippen LogP) is 3.98. The summed E-state index contributed by atoms with van der Waals surface area (Å²) in [5.41, 5.74) is 3.59. The fourth-order valence-electron chi connectivity index (χ4n) is 1.89. The van der Waals surface area contributed by atoms with Crippen molar-refractivity contribution < 1.29 is 9.18 Å². The van der Waals surface area contributed by atoms with E-state index in [1.54, 1.807) is 25.1 Å². The van der Waals surface area contributed by atoms with Gasteiger partial charge in [0.15, 0.2) is 5.78 Å². The zero-order valence-electron chi connectivity index (χ0n) is 10.8. The Bertz CT molecular complexity index is 614. The lowest BCUT2D eigenvalue weighted by molar-refractivity contribution is 0.103. The van der Waals surface area contributed by atoms with E-state index in [-0.39, 0.29) is 11.6 Å². The lowest BCUT2D eigenvalue weighted by atomic mass is 9.96. The molecule has 2 heteroatoms. The van der Waals surface area contributed by atoms with Crippen LogP contribution in [0.25, 0.3) is 0 Å². The molecule has 2 aromatic carbocycles. The molecule has 0 saturated heterocycles. The second kappa shape index (κ2) is 4.73. The third-order valence-corrected chi connectivity index (χ3v) is 3.28. The van der Waals surface area contributed by atoms with Crippen LogP contribution in [0, 0.1) is 26.6 Å². The molecule has 0 amide bonds. The van der Waals surface area contributed by atoms with Gasteiger partial charge in [0.05, 0.1) is 0 Å². The second-order valence-electron chi connectivity index (χ2n) is 4.54. The summed E-state index contributed by atoms with van der Waals surface area (Å²) in [5, 5.41) is 0. The predicted molar refractivity (Wildman–Crippen MR) is 70.5 cm³/mol. The number of rotatable bonds is 2. The van der Waals surface area contributed by atoms with Crippen LogP contribution in [0.3, 0.4) is 0 Å². The van der Waals surface area contributed by atoms with Crippen LogP contribution < -0.4 is 0 Å². The fourth-order valence-corrected chi connectivity index (χ4v) is 1.89. The first-order valence-corrected chi connectivity index (χ1v) is 5.88. The molecule has 0 bridgehead atoms. The third-order valence-electron chi connectivity index (χ3n) is 3.28. The van der Waals surface area contributed by atoms with Crippen molar-refractivity contribution in [2.24, 2.45) is 0 Å². The molecular weight excluding hydrogens is 227 g/mol. The van der Waals surface area contributed by atoms with Crippen molar-refractivity contribution in [1.29, 1.82) is 0 Å². The monoisotopic (exact) mass is 242 g/mol. The van der Waals surface area contributed by atoms with E-state index in [0.29, 0.717) is 16.7 Å². The smallest absolute Gasteiger partial charge is 0.193 e. The number of aryl methyl sites for hydroxylation is 2. The van der Waals surface area contributed by atoms with Gasteiger partial charge in [-0.2, -0.15) is 0 Å². The Labute approximate surface area is 106 Å². The lowest BCUT2D eigenvalue weighted by Gasteiger charge is -2.08. The molecule has 0 atom stereocenters. The summed E-state index contributed by atoms with van der Waals surface area (Å²) in [6.07, 6.45) is 0. The van der Waals surface area contributed by atoms with E-state index in [0.717, 1.165) is 11.1 Å². The van der Waals surface area contributed by atoms with Gasteiger partial charge in [0.25, 0.3) is 0 Å². The average molecular weight is 242 g/mol. The molecule has 0 fully saturated rings. The van der Waals surface area contributed by atoms with Crippen molar-refractivity contribution in [3.05, 3.63) is 70.0 Å². The molecule has 18 heavy (non-hydrogen) atoms. The van der Waals surface area contributed by atoms with Crippen LogP contribution in [-0.4, -0.2) is 5.78 Å². The standard InChI is InChI=1S/C16H15FO/c1-10-5-4-6-14(12(10)3)16(18)13-8-7-11(2)15(17)9-13/h4-9H,1-3H3. The molecule has 0 radical (unpaired) electrons. The van der Waals surface area contributed by atoms with Gasteiger partial charge in [-0.3, -0.25) is 4.79 Å². The maximum Gasteiger partial charge on any atom is 0.193 e. The van der Waals surface area contributed by atoms with E-state index >= 15 is 0 Å². The molecule has 0 aliphatic carbocycles. The van der Waals surface area contributed by atoms with Crippen LogP contribution in [0.4, 0.5) is 4.39 Å². The molecule has 0 N–H and O–H groups in total. The Balaban J connectivity index is 2.48. The summed E-state index contributed by atoms with van der Waals surface area (Å²) in [7, 11) is 0. The molecule has 0 aliphatic heterocycles. The van der Waals surface area contributed by atoms with E-state index in [1.807, 2.05) is 26.0 Å². The van der Waals surface area contributed by atoms with E-state index < -0.39 is 0 Å². The molecule has 2 aromatic rings. The van der Waals surface area contributed by atoms with Crippen LogP contribution in [-0.2, 0) is 0 Å². The number of benzene rings is 2. The summed E-state index contributed by atoms with van der Waals surface area (Å²) in [6, 6.07) is 10.2. The number of hydrogen-bond donors (Lipinski definition) is 0. The Hall–Kier alpha value is -1.96. The SMILES string of the molecule is Cc1ccc(C(=O)c2cccc(C)c2C)cc1F. The Morgan fingerprint density at radius 3 is 2.39 bits per heavy atom. The highest BCUT2D eigenvalue weighted by Crippen LogP contribution is 2.18. The maximum atomic E-state index is 13.5. The Morgan fingerprint density at radius 1 is 1.00 bits per heavy atom. The molecule has 0 aromatic heterocycles. The normalized spacial score (nSPS) is 10.4. The van der Waals surface area contributed by atoms with Crippen molar-refractivity contribution in [3.8, 4) is 0 Å². The van der Waals surface area contributed by atoms with Gasteiger partial charge in [0, 0.05) is 11.1 Å². The summed E-state index contributed by atoms with van der Waals surface area (Å²) in [5.74, 6) is -0.471. The minimum Gasteiger partial charge on any atom is -0.289 e. The quantitative estimate of drug-likeness (QED) is 0.728. The molecule has 2 rings (SSSR count). The summed E-state index contributed by atoms with van der Waals surface area (Å²) in [4.78, 5) is 12.3. The van der Waals surface area contributed by atoms with E-state index in [4.69, 9.17) is 0 Å². The van der Waals surface area contributed by atoms with Gasteiger partial charge in [-0.25, -0.2) is 4.39 Å². The molecule has 0 aliphatic rings. The average Bonchev–Trinajstić information content (AvgIpc) is 2.35. The van der Waals surface area contributed by atoms with Gasteiger partial charge in [-0.05, 0) is 43.5 Å². The highest BCUT2D eigenvalue weighted by Gasteiger charge is 2.13. The minimum atomic E-state index is -0.342. The van der Waals surface area contributed by atoms with Crippen molar-refractivity contribution in [1.82, 2.24) is 0 Å². The topological polar surface area (TPSA) is 17.1 Å². The van der Waals surface area contributed by atoms with Crippen molar-refractivity contribution in [2.75, 3.05) is 0 Å². The van der Waals surface area contributed by atoms with Crippen molar-refractivity contribution >= 4 is 5.78 Å². The summed E-state index contributed by atoms with van der Waals surface area (Å²) in [6.45, 7) is 5.55. The molecule has 0 heterocycles. The zero-order valence-corrected chi connectivity index (χ0v) is 10.8. The number of carbonyl (C=O) groups excluding carboxylic acids is 1. The van der Waals surface area contributed by atoms with Crippen LogP contribution in [0.2, 0.25) is 0 Å². The van der Waals surface area contributed by atoms with Crippen molar-refractivity contribution in [2.45, 2.75) is 20.8 Å². The molecule has 1 nitrogen and oxygen atoms in total. The maximum absolute atomic E-state index is 13.5. The molecular formula is C16H15FO. The highest BCUT2D eigenvalue weighted by atomic mass is 19.1. The first kappa shape index (κ1) is 12.5. The number of ketones is 1. The molecule has 92 valence electrons. The van der Waals surface area contributed by atoms with Crippen LogP contribution in [0.15, 0.2) is 36.4 Å². The van der Waals surface area contributed by atoms with Gasteiger partial charge in [0.2, 0.25) is 0 Å². The number of halogens is 1. The van der Waals surface area contributed by atoms with Gasteiger partial charge in [-0.1, -0.05) is 30.3 Å². The Morgan fingerprint density at radius 2 is 1.72 bits per heavy atom. The molecule has 0 saturated carbocycles. The lowest BCUT2D eigenvalue weighted by Crippen LogP contribution is -2.05. The highest BCUT2D eigenvalue weighted by molar-refractivity contribution is 6.10. The van der Waals surface area contributed by atoms with E-state index in [1.165, 1.54) is 6.07 Å². The zero-order chi connectivity index (χ0) is 13.3. The molecule has 0 spiro atoms. The minimum absolute atomic E-state index is 0.130. The molecule has 0 unspecified atom stereocenters. The van der Waals surface area contributed by atoms with E-state index in [9.17, 15) is 9.18 Å². The van der Waals surface area contributed by atoms with Crippen molar-refractivity contribution in [3.63, 3.8) is 0 Å². The van der Waals surface area contributed by atoms with Crippen LogP contribution in [0.1, 0.15) is 32.6 Å². The Kier molecular flexibility index (Phi) is 3.28. The first-order chi connectivity index (χ1) is 8.50. The fraction of sp³-hybridized carbons (Fsp3) is 0.188. The summed E-state index contributed by atoms with van der Waals surface area (Å²) >= 11 is 0. The largest absolute Gasteiger partial charge is 0.289 e. The van der Waals surface area contributed by atoms with Gasteiger partial charge in [-0.15, -0.1) is 0 Å². The third kappa shape index (κ3) is 2.19. The van der Waals surface area contributed by atoms with Crippen LogP contribution >= 0.6 is 0 Å². The number of hydrogen-bond acceptors (Lipinski definition) is 1. The summed E-state index contributed by atoms with van der Waals surface area (Å²) < 4.78 is 13.5. The van der Waals surface area contributed by atoms with Gasteiger partial charge in [0.1, 0.15) is 5.82 Å². The second-order valence-corrected chi connectivity index (χ2v) is 4.54. The first-order valence-electron chi connectivity index (χ1n) is 5.88. The number of carbonyl (C=O) groups is 1. The van der Waals surface area contributed by atoms with E-state index in [2.05, 4.69) is 0 Å². The van der Waals surface area contributed by atoms with Crippen LogP contribution in [0.5, 0.6) is 0 Å². The van der Waals surface area contributed by atoms with Gasteiger partial charge < -0.3 is 0 Å².